The van der Waals surface area contributed by atoms with Crippen LogP contribution in [0.25, 0.3) is 0 Å². The van der Waals surface area contributed by atoms with Crippen LogP contribution in [-0.2, 0) is 14.3 Å². The summed E-state index contributed by atoms with van der Waals surface area (Å²) in [6, 6.07) is -0.752. The van der Waals surface area contributed by atoms with Crippen LogP contribution in [0.2, 0.25) is 0 Å². The highest BCUT2D eigenvalue weighted by molar-refractivity contribution is 9.09. The fraction of sp³-hybridized carbons (Fsp3) is 0.591. The van der Waals surface area contributed by atoms with Crippen molar-refractivity contribution in [1.29, 1.82) is 0 Å². The van der Waals surface area contributed by atoms with E-state index in [4.69, 9.17) is 4.74 Å². The Bertz CT molecular complexity index is 778. The van der Waals surface area contributed by atoms with E-state index in [9.17, 15) is 14.4 Å². The number of carbonyl (C=O) groups excluding carboxylic acids is 3. The van der Waals surface area contributed by atoms with E-state index in [1.54, 1.807) is 20.8 Å². The Hall–Kier alpha value is -1.89. The summed E-state index contributed by atoms with van der Waals surface area (Å²) in [5, 5.41) is 2.76. The molecule has 158 valence electrons. The van der Waals surface area contributed by atoms with Crippen molar-refractivity contribution in [2.75, 3.05) is 13.1 Å². The van der Waals surface area contributed by atoms with Gasteiger partial charge in [0.2, 0.25) is 5.91 Å². The highest BCUT2D eigenvalue weighted by Crippen LogP contribution is 2.33. The van der Waals surface area contributed by atoms with E-state index in [0.29, 0.717) is 11.4 Å². The van der Waals surface area contributed by atoms with Gasteiger partial charge in [-0.15, -0.1) is 0 Å². The Balaban J connectivity index is 1.68. The molecule has 2 amide bonds. The molecular weight excluding hydrogens is 436 g/mol. The third-order valence-electron chi connectivity index (χ3n) is 5.32. The van der Waals surface area contributed by atoms with Gasteiger partial charge in [0.25, 0.3) is 0 Å². The maximum atomic E-state index is 13.0. The predicted octanol–water partition coefficient (Wildman–Crippen LogP) is 3.67. The number of halogens is 1. The number of rotatable bonds is 4. The monoisotopic (exact) mass is 464 g/mol. The van der Waals surface area contributed by atoms with Crippen LogP contribution in [0, 0.1) is 5.92 Å². The fourth-order valence-corrected chi connectivity index (χ4v) is 4.32. The van der Waals surface area contributed by atoms with Crippen molar-refractivity contribution in [2.24, 2.45) is 5.92 Å². The van der Waals surface area contributed by atoms with E-state index in [1.807, 2.05) is 24.3 Å². The van der Waals surface area contributed by atoms with Gasteiger partial charge in [-0.25, -0.2) is 4.79 Å². The topological polar surface area (TPSA) is 75.7 Å². The summed E-state index contributed by atoms with van der Waals surface area (Å²) in [7, 11) is 0. The molecule has 0 bridgehead atoms. The number of Topliss-reactive ketones (excluding diaryl/α,β-unsaturated/α-hetero) is 1. The first-order valence-corrected chi connectivity index (χ1v) is 11.1. The molecule has 0 aromatic heterocycles. The zero-order valence-corrected chi connectivity index (χ0v) is 18.8. The number of ketones is 1. The molecule has 3 aliphatic rings. The van der Waals surface area contributed by atoms with Gasteiger partial charge >= 0.3 is 6.09 Å². The summed E-state index contributed by atoms with van der Waals surface area (Å²) in [4.78, 5) is 40.0. The van der Waals surface area contributed by atoms with Gasteiger partial charge in [0.1, 0.15) is 11.6 Å². The minimum Gasteiger partial charge on any atom is -0.444 e. The largest absolute Gasteiger partial charge is 0.444 e. The maximum Gasteiger partial charge on any atom is 0.411 e. The van der Waals surface area contributed by atoms with Crippen molar-refractivity contribution in [2.45, 2.75) is 62.9 Å². The molecule has 3 atom stereocenters. The molecule has 1 heterocycles. The Kier molecular flexibility index (Phi) is 6.66. The van der Waals surface area contributed by atoms with Crippen molar-refractivity contribution in [3.8, 4) is 0 Å². The minimum absolute atomic E-state index is 0.01000. The first-order valence-electron chi connectivity index (χ1n) is 10.2. The van der Waals surface area contributed by atoms with Crippen LogP contribution < -0.4 is 5.32 Å². The van der Waals surface area contributed by atoms with Gasteiger partial charge in [0.05, 0.1) is 6.54 Å². The van der Waals surface area contributed by atoms with Crippen molar-refractivity contribution >= 4 is 33.7 Å². The van der Waals surface area contributed by atoms with Gasteiger partial charge in [-0.2, -0.15) is 0 Å². The Labute approximate surface area is 180 Å². The van der Waals surface area contributed by atoms with Crippen LogP contribution in [-0.4, -0.2) is 52.2 Å². The van der Waals surface area contributed by atoms with Crippen LogP contribution >= 0.6 is 15.9 Å². The lowest BCUT2D eigenvalue weighted by Gasteiger charge is -2.29. The number of carbonyl (C=O) groups is 3. The maximum absolute atomic E-state index is 13.0. The number of nitrogens with one attached hydrogen (secondary N) is 1. The van der Waals surface area contributed by atoms with Gasteiger partial charge in [0, 0.05) is 17.3 Å². The molecule has 0 radical (unpaired) electrons. The van der Waals surface area contributed by atoms with E-state index in [2.05, 4.69) is 21.2 Å². The average molecular weight is 465 g/mol. The van der Waals surface area contributed by atoms with E-state index in [0.717, 1.165) is 36.8 Å². The summed E-state index contributed by atoms with van der Waals surface area (Å²) in [5.41, 5.74) is 1.29. The molecule has 6 nitrogen and oxygen atoms in total. The zero-order chi connectivity index (χ0) is 21.2. The summed E-state index contributed by atoms with van der Waals surface area (Å²) < 4.78 is 5.51. The predicted molar refractivity (Wildman–Crippen MR) is 115 cm³/mol. The van der Waals surface area contributed by atoms with Gasteiger partial charge in [-0.3, -0.25) is 14.5 Å². The standard InChI is InChI=1S/C22H29BrN2O4/c1-22(2,3)29-21(28)25-13-15-6-4-5-7-17(15)19(25)20(27)24-12-18(26)14-8-10-16(23)11-9-14/h5,7-8,10,14,16,19H,4,6,9,11-13H2,1-3H3,(H,24,27). The molecule has 0 spiro atoms. The van der Waals surface area contributed by atoms with Crippen LogP contribution in [0.3, 0.4) is 0 Å². The van der Waals surface area contributed by atoms with Crippen LogP contribution in [0.15, 0.2) is 35.5 Å². The molecule has 1 N–H and O–H groups in total. The number of hydrogen-bond acceptors (Lipinski definition) is 4. The van der Waals surface area contributed by atoms with E-state index in [1.165, 1.54) is 4.90 Å². The molecule has 0 aromatic carbocycles. The second-order valence-corrected chi connectivity index (χ2v) is 9.96. The molecule has 2 aliphatic carbocycles. The smallest absolute Gasteiger partial charge is 0.411 e. The zero-order valence-electron chi connectivity index (χ0n) is 17.2. The van der Waals surface area contributed by atoms with Gasteiger partial charge in [-0.05, 0) is 57.6 Å². The number of ether oxygens (including phenoxy) is 1. The van der Waals surface area contributed by atoms with E-state index in [-0.39, 0.29) is 24.2 Å². The van der Waals surface area contributed by atoms with Crippen molar-refractivity contribution in [3.63, 3.8) is 0 Å². The van der Waals surface area contributed by atoms with Gasteiger partial charge in [0.15, 0.2) is 5.78 Å². The van der Waals surface area contributed by atoms with E-state index < -0.39 is 17.7 Å². The highest BCUT2D eigenvalue weighted by atomic mass is 79.9. The molecule has 0 saturated heterocycles. The van der Waals surface area contributed by atoms with Crippen molar-refractivity contribution in [1.82, 2.24) is 10.2 Å². The van der Waals surface area contributed by atoms with Crippen molar-refractivity contribution in [3.05, 3.63) is 35.5 Å². The normalized spacial score (nSPS) is 26.3. The summed E-state index contributed by atoms with van der Waals surface area (Å²) in [6.45, 7) is 5.76. The third kappa shape index (κ3) is 5.38. The number of nitrogens with zero attached hydrogens (tertiary/aromatic N) is 1. The Morgan fingerprint density at radius 2 is 2.00 bits per heavy atom. The fourth-order valence-electron chi connectivity index (χ4n) is 3.88. The molecule has 3 rings (SSSR count). The Morgan fingerprint density at radius 1 is 1.24 bits per heavy atom. The van der Waals surface area contributed by atoms with Crippen LogP contribution in [0.5, 0.6) is 0 Å². The average Bonchev–Trinajstić information content (AvgIpc) is 3.05. The number of hydrogen-bond donors (Lipinski definition) is 1. The first-order chi connectivity index (χ1) is 13.7. The second kappa shape index (κ2) is 8.86. The SMILES string of the molecule is CC(C)(C)OC(=O)N1CC2=C(C=CCC2)C1C(=O)NCC(=O)C1C=CC(Br)CC1. The molecule has 1 aliphatic heterocycles. The minimum atomic E-state index is -0.752. The van der Waals surface area contributed by atoms with Crippen molar-refractivity contribution < 1.29 is 19.1 Å². The first kappa shape index (κ1) is 21.8. The number of allylic oxidation sites excluding steroid dienone is 3. The van der Waals surface area contributed by atoms with Crippen LogP contribution in [0.1, 0.15) is 46.5 Å². The Morgan fingerprint density at radius 3 is 2.66 bits per heavy atom. The third-order valence-corrected chi connectivity index (χ3v) is 6.08. The highest BCUT2D eigenvalue weighted by Gasteiger charge is 2.41. The van der Waals surface area contributed by atoms with Gasteiger partial charge < -0.3 is 10.1 Å². The lowest BCUT2D eigenvalue weighted by molar-refractivity contribution is -0.128. The molecule has 29 heavy (non-hydrogen) atoms. The second-order valence-electron chi connectivity index (χ2n) is 8.78. The van der Waals surface area contributed by atoms with E-state index >= 15 is 0 Å². The molecule has 7 heteroatoms. The number of amides is 2. The summed E-state index contributed by atoms with van der Waals surface area (Å²) >= 11 is 3.52. The lowest BCUT2D eigenvalue weighted by atomic mass is 9.92. The van der Waals surface area contributed by atoms with Crippen LogP contribution in [0.4, 0.5) is 4.79 Å². The summed E-state index contributed by atoms with van der Waals surface area (Å²) in [5.74, 6) is -0.512. The molecule has 0 fully saturated rings. The lowest BCUT2D eigenvalue weighted by Crippen LogP contribution is -2.50. The molecule has 0 saturated carbocycles. The molecule has 0 aromatic rings. The molecule has 3 unspecified atom stereocenters. The van der Waals surface area contributed by atoms with Gasteiger partial charge in [-0.1, -0.05) is 40.2 Å². The summed E-state index contributed by atoms with van der Waals surface area (Å²) in [6.07, 6.45) is 10.7. The molecular formula is C22H29BrN2O4. The number of alkyl halides is 1. The quantitative estimate of drug-likeness (QED) is 0.508.